The lowest BCUT2D eigenvalue weighted by molar-refractivity contribution is -0.134. The molecule has 1 fully saturated rings. The van der Waals surface area contributed by atoms with Crippen LogP contribution in [0, 0.1) is 0 Å². The molecule has 1 saturated heterocycles. The van der Waals surface area contributed by atoms with Crippen molar-refractivity contribution in [2.75, 3.05) is 20.1 Å². The summed E-state index contributed by atoms with van der Waals surface area (Å²) >= 11 is 0. The highest BCUT2D eigenvalue weighted by Gasteiger charge is 2.27. The van der Waals surface area contributed by atoms with Crippen LogP contribution in [0.1, 0.15) is 30.3 Å². The molecule has 2 unspecified atom stereocenters. The van der Waals surface area contributed by atoms with E-state index in [4.69, 9.17) is 4.42 Å². The maximum atomic E-state index is 12.3. The summed E-state index contributed by atoms with van der Waals surface area (Å²) in [5.74, 6) is -0.195. The number of hydrogen-bond acceptors (Lipinski definition) is 4. The summed E-state index contributed by atoms with van der Waals surface area (Å²) in [5.41, 5.74) is 0. The van der Waals surface area contributed by atoms with E-state index < -0.39 is 6.04 Å². The molecule has 2 rings (SSSR count). The Morgan fingerprint density at radius 3 is 2.86 bits per heavy atom. The summed E-state index contributed by atoms with van der Waals surface area (Å²) in [4.78, 5) is 26.0. The molecule has 0 bridgehead atoms. The lowest BCUT2D eigenvalue weighted by Crippen LogP contribution is -2.53. The minimum atomic E-state index is -0.553. The predicted molar refractivity (Wildman–Crippen MR) is 81.5 cm³/mol. The lowest BCUT2D eigenvalue weighted by atomic mass is 10.1. The first kappa shape index (κ1) is 17.5. The predicted octanol–water partition coefficient (Wildman–Crippen LogP) is 1.03. The fourth-order valence-electron chi connectivity index (χ4n) is 2.42. The van der Waals surface area contributed by atoms with Crippen molar-refractivity contribution >= 4 is 24.2 Å². The first-order valence-corrected chi connectivity index (χ1v) is 6.92. The Morgan fingerprint density at radius 2 is 2.24 bits per heavy atom. The molecule has 1 aromatic rings. The van der Waals surface area contributed by atoms with Gasteiger partial charge in [-0.1, -0.05) is 0 Å². The monoisotopic (exact) mass is 315 g/mol. The minimum Gasteiger partial charge on any atom is -0.459 e. The first-order chi connectivity index (χ1) is 9.61. The van der Waals surface area contributed by atoms with Crippen LogP contribution in [0.15, 0.2) is 22.8 Å². The maximum Gasteiger partial charge on any atom is 0.287 e. The van der Waals surface area contributed by atoms with Gasteiger partial charge < -0.3 is 20.0 Å². The van der Waals surface area contributed by atoms with Gasteiger partial charge in [0.25, 0.3) is 5.91 Å². The summed E-state index contributed by atoms with van der Waals surface area (Å²) in [5, 5.41) is 5.86. The van der Waals surface area contributed by atoms with E-state index in [2.05, 4.69) is 10.6 Å². The summed E-state index contributed by atoms with van der Waals surface area (Å²) in [6.45, 7) is 3.14. The van der Waals surface area contributed by atoms with E-state index in [0.717, 1.165) is 19.4 Å². The van der Waals surface area contributed by atoms with E-state index in [9.17, 15) is 9.59 Å². The smallest absolute Gasteiger partial charge is 0.287 e. The Labute approximate surface area is 130 Å². The molecule has 0 aliphatic carbocycles. The van der Waals surface area contributed by atoms with Crippen molar-refractivity contribution in [2.45, 2.75) is 31.8 Å². The van der Waals surface area contributed by atoms with Gasteiger partial charge >= 0.3 is 0 Å². The maximum absolute atomic E-state index is 12.3. The number of rotatable bonds is 4. The van der Waals surface area contributed by atoms with Crippen molar-refractivity contribution in [1.82, 2.24) is 15.5 Å². The van der Waals surface area contributed by atoms with E-state index in [1.54, 1.807) is 24.0 Å². The van der Waals surface area contributed by atoms with Crippen LogP contribution in [0.3, 0.4) is 0 Å². The molecule has 7 heteroatoms. The zero-order valence-corrected chi connectivity index (χ0v) is 13.1. The molecule has 1 aromatic heterocycles. The normalized spacial score (nSPS) is 19.5. The zero-order chi connectivity index (χ0) is 14.5. The third-order valence-electron chi connectivity index (χ3n) is 3.60. The number of piperidine rings is 1. The number of carbonyl (C=O) groups excluding carboxylic acids is 2. The number of furan rings is 1. The number of likely N-dealkylation sites (N-methyl/N-ethyl adjacent to an activating group) is 1. The molecule has 1 aliphatic rings. The van der Waals surface area contributed by atoms with Crippen LogP contribution in [0.25, 0.3) is 0 Å². The number of halogens is 1. The summed E-state index contributed by atoms with van der Waals surface area (Å²) in [7, 11) is 1.90. The average molecular weight is 316 g/mol. The quantitative estimate of drug-likeness (QED) is 0.870. The molecule has 0 aromatic carbocycles. The Morgan fingerprint density at radius 1 is 1.48 bits per heavy atom. The van der Waals surface area contributed by atoms with Gasteiger partial charge in [0.1, 0.15) is 6.04 Å². The number of hydrogen-bond donors (Lipinski definition) is 2. The van der Waals surface area contributed by atoms with Gasteiger partial charge in [0.05, 0.1) is 6.26 Å². The molecule has 118 valence electrons. The van der Waals surface area contributed by atoms with Gasteiger partial charge in [-0.2, -0.15) is 0 Å². The Hall–Kier alpha value is -1.53. The van der Waals surface area contributed by atoms with Crippen LogP contribution >= 0.6 is 12.4 Å². The fraction of sp³-hybridized carbons (Fsp3) is 0.571. The zero-order valence-electron chi connectivity index (χ0n) is 12.3. The molecule has 2 atom stereocenters. The second-order valence-corrected chi connectivity index (χ2v) is 5.08. The van der Waals surface area contributed by atoms with Crippen LogP contribution in [-0.4, -0.2) is 48.9 Å². The minimum absolute atomic E-state index is 0. The topological polar surface area (TPSA) is 74.6 Å². The molecule has 6 nitrogen and oxygen atoms in total. The van der Waals surface area contributed by atoms with Crippen molar-refractivity contribution in [3.05, 3.63) is 24.2 Å². The second-order valence-electron chi connectivity index (χ2n) is 5.08. The summed E-state index contributed by atoms with van der Waals surface area (Å²) < 4.78 is 5.01. The fourth-order valence-corrected chi connectivity index (χ4v) is 2.42. The molecule has 1 aliphatic heterocycles. The number of likely N-dealkylation sites (tertiary alicyclic amines) is 1. The molecule has 2 heterocycles. The average Bonchev–Trinajstić information content (AvgIpc) is 3.00. The number of nitrogens with zero attached hydrogens (tertiary/aromatic N) is 1. The molecule has 0 radical (unpaired) electrons. The van der Waals surface area contributed by atoms with Crippen molar-refractivity contribution in [3.63, 3.8) is 0 Å². The Balaban J connectivity index is 0.00000220. The lowest BCUT2D eigenvalue weighted by Gasteiger charge is -2.34. The van der Waals surface area contributed by atoms with Crippen molar-refractivity contribution in [1.29, 1.82) is 0 Å². The van der Waals surface area contributed by atoms with Gasteiger partial charge in [0.15, 0.2) is 5.76 Å². The molecule has 2 N–H and O–H groups in total. The summed E-state index contributed by atoms with van der Waals surface area (Å²) in [6, 6.07) is 3.00. The number of amides is 2. The van der Waals surface area contributed by atoms with Gasteiger partial charge in [0.2, 0.25) is 5.91 Å². The first-order valence-electron chi connectivity index (χ1n) is 6.92. The molecule has 21 heavy (non-hydrogen) atoms. The van der Waals surface area contributed by atoms with Crippen molar-refractivity contribution in [2.24, 2.45) is 0 Å². The molecule has 0 saturated carbocycles. The number of carbonyl (C=O) groups is 2. The standard InChI is InChI=1S/C14H21N3O3.ClH/c1-10(16-13(18)12-6-4-8-20-12)14(19)17-7-3-5-11(9-17)15-2;/h4,6,8,10-11,15H,3,5,7,9H2,1-2H3,(H,16,18);1H. The van der Waals surface area contributed by atoms with E-state index in [1.807, 2.05) is 7.05 Å². The van der Waals surface area contributed by atoms with Gasteiger partial charge in [-0.25, -0.2) is 0 Å². The third kappa shape index (κ3) is 4.47. The van der Waals surface area contributed by atoms with E-state index in [1.165, 1.54) is 6.26 Å². The van der Waals surface area contributed by atoms with Crippen LogP contribution in [0.5, 0.6) is 0 Å². The van der Waals surface area contributed by atoms with Gasteiger partial charge in [-0.15, -0.1) is 12.4 Å². The van der Waals surface area contributed by atoms with Crippen molar-refractivity contribution < 1.29 is 14.0 Å². The Bertz CT molecular complexity index is 464. The van der Waals surface area contributed by atoms with Gasteiger partial charge in [-0.3, -0.25) is 9.59 Å². The highest BCUT2D eigenvalue weighted by atomic mass is 35.5. The second kappa shape index (κ2) is 8.05. The molecule has 2 amide bonds. The van der Waals surface area contributed by atoms with Crippen LogP contribution in [0.2, 0.25) is 0 Å². The van der Waals surface area contributed by atoms with Crippen LogP contribution in [0.4, 0.5) is 0 Å². The van der Waals surface area contributed by atoms with Crippen LogP contribution < -0.4 is 10.6 Å². The molecule has 0 spiro atoms. The summed E-state index contributed by atoms with van der Waals surface area (Å²) in [6.07, 6.45) is 3.49. The van der Waals surface area contributed by atoms with Crippen molar-refractivity contribution in [3.8, 4) is 0 Å². The van der Waals surface area contributed by atoms with Gasteiger partial charge in [-0.05, 0) is 38.9 Å². The third-order valence-corrected chi connectivity index (χ3v) is 3.60. The molecular formula is C14H22ClN3O3. The van der Waals surface area contributed by atoms with E-state index in [-0.39, 0.29) is 30.0 Å². The van der Waals surface area contributed by atoms with Crippen LogP contribution in [-0.2, 0) is 4.79 Å². The van der Waals surface area contributed by atoms with E-state index >= 15 is 0 Å². The Kier molecular flexibility index (Phi) is 6.71. The molecular weight excluding hydrogens is 294 g/mol. The highest BCUT2D eigenvalue weighted by molar-refractivity contribution is 5.95. The highest BCUT2D eigenvalue weighted by Crippen LogP contribution is 2.11. The van der Waals surface area contributed by atoms with E-state index in [0.29, 0.717) is 12.6 Å². The SMILES string of the molecule is CNC1CCCN(C(=O)C(C)NC(=O)c2ccco2)C1.Cl. The van der Waals surface area contributed by atoms with Gasteiger partial charge in [0, 0.05) is 19.1 Å². The largest absolute Gasteiger partial charge is 0.459 e. The number of nitrogens with one attached hydrogen (secondary N) is 2.